The van der Waals surface area contributed by atoms with Gasteiger partial charge in [-0.05, 0) is 42.8 Å². The van der Waals surface area contributed by atoms with E-state index in [4.69, 9.17) is 5.73 Å². The molecule has 0 bridgehead atoms. The van der Waals surface area contributed by atoms with Crippen molar-refractivity contribution in [3.63, 3.8) is 0 Å². The Morgan fingerprint density at radius 1 is 1.24 bits per heavy atom. The van der Waals surface area contributed by atoms with Gasteiger partial charge in [0.25, 0.3) is 5.91 Å². The Morgan fingerprint density at radius 3 is 2.52 bits per heavy atom. The summed E-state index contributed by atoms with van der Waals surface area (Å²) in [7, 11) is 0. The average Bonchev–Trinajstić information content (AvgIpc) is 2.48. The van der Waals surface area contributed by atoms with Crippen molar-refractivity contribution in [2.24, 2.45) is 0 Å². The van der Waals surface area contributed by atoms with Gasteiger partial charge in [0, 0.05) is 23.2 Å². The molecule has 0 unspecified atom stereocenters. The summed E-state index contributed by atoms with van der Waals surface area (Å²) in [6.45, 7) is 2.78. The number of hydrogen-bond donors (Lipinski definition) is 1. The monoisotopic (exact) mass is 350 g/mol. The Morgan fingerprint density at radius 2 is 1.90 bits per heavy atom. The van der Waals surface area contributed by atoms with E-state index in [0.29, 0.717) is 23.2 Å². The Labute approximate surface area is 131 Å². The first-order chi connectivity index (χ1) is 10.0. The van der Waals surface area contributed by atoms with E-state index in [2.05, 4.69) is 15.9 Å². The molecule has 110 valence electrons. The number of rotatable bonds is 4. The number of nitrogens with zero attached hydrogens (tertiary/aromatic N) is 1. The largest absolute Gasteiger partial charge is 0.399 e. The van der Waals surface area contributed by atoms with Crippen LogP contribution >= 0.6 is 15.9 Å². The van der Waals surface area contributed by atoms with Crippen LogP contribution < -0.4 is 5.73 Å². The molecule has 0 fully saturated rings. The van der Waals surface area contributed by atoms with Crippen LogP contribution in [0.15, 0.2) is 46.9 Å². The zero-order valence-corrected chi connectivity index (χ0v) is 13.2. The third-order valence-corrected chi connectivity index (χ3v) is 3.67. The summed E-state index contributed by atoms with van der Waals surface area (Å²) in [5.41, 5.74) is 7.34. The van der Waals surface area contributed by atoms with Gasteiger partial charge in [-0.2, -0.15) is 0 Å². The minimum absolute atomic E-state index is 0.0710. The summed E-state index contributed by atoms with van der Waals surface area (Å²) in [4.78, 5) is 14.1. The fourth-order valence-corrected chi connectivity index (χ4v) is 2.36. The molecule has 5 heteroatoms. The summed E-state index contributed by atoms with van der Waals surface area (Å²) >= 11 is 3.26. The molecule has 0 aliphatic carbocycles. The molecular formula is C16H16BrFN2O. The lowest BCUT2D eigenvalue weighted by Gasteiger charge is -2.21. The van der Waals surface area contributed by atoms with Gasteiger partial charge in [0.2, 0.25) is 0 Å². The SMILES string of the molecule is CCN(Cc1ccc(N)cc1)C(=O)c1cc(Br)ccc1F. The van der Waals surface area contributed by atoms with Crippen LogP contribution in [-0.4, -0.2) is 17.4 Å². The van der Waals surface area contributed by atoms with Gasteiger partial charge in [0.05, 0.1) is 5.56 Å². The number of anilines is 1. The highest BCUT2D eigenvalue weighted by Crippen LogP contribution is 2.18. The first-order valence-corrected chi connectivity index (χ1v) is 7.39. The van der Waals surface area contributed by atoms with E-state index in [1.165, 1.54) is 12.1 Å². The van der Waals surface area contributed by atoms with Crippen LogP contribution in [0, 0.1) is 5.82 Å². The van der Waals surface area contributed by atoms with Gasteiger partial charge < -0.3 is 10.6 Å². The summed E-state index contributed by atoms with van der Waals surface area (Å²) < 4.78 is 14.5. The van der Waals surface area contributed by atoms with Crippen LogP contribution in [0.1, 0.15) is 22.8 Å². The molecule has 0 aromatic heterocycles. The summed E-state index contributed by atoms with van der Waals surface area (Å²) in [6, 6.07) is 11.7. The molecule has 0 aliphatic heterocycles. The molecule has 0 saturated heterocycles. The number of carbonyl (C=O) groups excluding carboxylic acids is 1. The van der Waals surface area contributed by atoms with E-state index in [0.717, 1.165) is 5.56 Å². The molecule has 2 aromatic carbocycles. The number of nitrogen functional groups attached to an aromatic ring is 1. The highest BCUT2D eigenvalue weighted by molar-refractivity contribution is 9.10. The summed E-state index contributed by atoms with van der Waals surface area (Å²) in [5.74, 6) is -0.841. The molecule has 0 saturated carbocycles. The number of benzene rings is 2. The van der Waals surface area contributed by atoms with Crippen LogP contribution in [0.4, 0.5) is 10.1 Å². The molecule has 0 radical (unpaired) electrons. The van der Waals surface area contributed by atoms with Gasteiger partial charge in [-0.1, -0.05) is 28.1 Å². The van der Waals surface area contributed by atoms with E-state index in [9.17, 15) is 9.18 Å². The van der Waals surface area contributed by atoms with Gasteiger partial charge >= 0.3 is 0 Å². The summed E-state index contributed by atoms with van der Waals surface area (Å²) in [6.07, 6.45) is 0. The molecule has 0 atom stereocenters. The smallest absolute Gasteiger partial charge is 0.257 e. The van der Waals surface area contributed by atoms with Crippen LogP contribution in [-0.2, 0) is 6.54 Å². The van der Waals surface area contributed by atoms with E-state index in [-0.39, 0.29) is 11.5 Å². The molecule has 21 heavy (non-hydrogen) atoms. The number of amides is 1. The quantitative estimate of drug-likeness (QED) is 0.851. The second-order valence-corrected chi connectivity index (χ2v) is 5.60. The number of nitrogens with two attached hydrogens (primary N) is 1. The minimum Gasteiger partial charge on any atom is -0.399 e. The molecule has 0 heterocycles. The van der Waals surface area contributed by atoms with E-state index in [1.807, 2.05) is 19.1 Å². The predicted molar refractivity (Wildman–Crippen MR) is 85.4 cm³/mol. The van der Waals surface area contributed by atoms with Crippen molar-refractivity contribution in [3.8, 4) is 0 Å². The van der Waals surface area contributed by atoms with Gasteiger partial charge in [-0.15, -0.1) is 0 Å². The standard InChI is InChI=1S/C16H16BrFN2O/c1-2-20(10-11-3-6-13(19)7-4-11)16(21)14-9-12(17)5-8-15(14)18/h3-9H,2,10,19H2,1H3. The van der Waals surface area contributed by atoms with Gasteiger partial charge in [0.1, 0.15) is 5.82 Å². The van der Waals surface area contributed by atoms with Gasteiger partial charge in [0.15, 0.2) is 0 Å². The maximum atomic E-state index is 13.8. The Kier molecular flexibility index (Phi) is 4.96. The Bertz CT molecular complexity index is 643. The topological polar surface area (TPSA) is 46.3 Å². The lowest BCUT2D eigenvalue weighted by Crippen LogP contribution is -2.31. The van der Waals surface area contributed by atoms with Crippen LogP contribution in [0.25, 0.3) is 0 Å². The first-order valence-electron chi connectivity index (χ1n) is 6.60. The molecule has 0 spiro atoms. The van der Waals surface area contributed by atoms with Crippen molar-refractivity contribution in [3.05, 3.63) is 63.9 Å². The molecule has 2 N–H and O–H groups in total. The minimum atomic E-state index is -0.515. The van der Waals surface area contributed by atoms with E-state index in [1.54, 1.807) is 23.1 Å². The fourth-order valence-electron chi connectivity index (χ4n) is 2.00. The van der Waals surface area contributed by atoms with Gasteiger partial charge in [-0.25, -0.2) is 4.39 Å². The fraction of sp³-hybridized carbons (Fsp3) is 0.188. The van der Waals surface area contributed by atoms with Crippen molar-refractivity contribution in [1.29, 1.82) is 0 Å². The molecule has 2 aromatic rings. The zero-order valence-electron chi connectivity index (χ0n) is 11.6. The second kappa shape index (κ2) is 6.72. The Hall–Kier alpha value is -1.88. The van der Waals surface area contributed by atoms with Crippen molar-refractivity contribution >= 4 is 27.5 Å². The van der Waals surface area contributed by atoms with Crippen molar-refractivity contribution < 1.29 is 9.18 Å². The number of halogens is 2. The molecular weight excluding hydrogens is 335 g/mol. The number of hydrogen-bond acceptors (Lipinski definition) is 2. The molecule has 3 nitrogen and oxygen atoms in total. The van der Waals surface area contributed by atoms with Crippen molar-refractivity contribution in [2.45, 2.75) is 13.5 Å². The lowest BCUT2D eigenvalue weighted by molar-refractivity contribution is 0.0748. The highest BCUT2D eigenvalue weighted by atomic mass is 79.9. The normalized spacial score (nSPS) is 10.4. The maximum Gasteiger partial charge on any atom is 0.257 e. The molecule has 1 amide bonds. The average molecular weight is 351 g/mol. The Balaban J connectivity index is 2.22. The molecule has 0 aliphatic rings. The predicted octanol–water partition coefficient (Wildman–Crippen LogP) is 3.83. The number of carbonyl (C=O) groups is 1. The highest BCUT2D eigenvalue weighted by Gasteiger charge is 2.18. The maximum absolute atomic E-state index is 13.8. The second-order valence-electron chi connectivity index (χ2n) is 4.69. The van der Waals surface area contributed by atoms with Crippen LogP contribution in [0.5, 0.6) is 0 Å². The third kappa shape index (κ3) is 3.82. The third-order valence-electron chi connectivity index (χ3n) is 3.18. The first kappa shape index (κ1) is 15.5. The van der Waals surface area contributed by atoms with Gasteiger partial charge in [-0.3, -0.25) is 4.79 Å². The van der Waals surface area contributed by atoms with Crippen LogP contribution in [0.2, 0.25) is 0 Å². The van der Waals surface area contributed by atoms with E-state index < -0.39 is 5.82 Å². The summed E-state index contributed by atoms with van der Waals surface area (Å²) in [5, 5.41) is 0. The lowest BCUT2D eigenvalue weighted by atomic mass is 10.1. The zero-order chi connectivity index (χ0) is 15.4. The molecule has 2 rings (SSSR count). The van der Waals surface area contributed by atoms with Crippen molar-refractivity contribution in [1.82, 2.24) is 4.90 Å². The van der Waals surface area contributed by atoms with Crippen molar-refractivity contribution in [2.75, 3.05) is 12.3 Å². The van der Waals surface area contributed by atoms with E-state index >= 15 is 0 Å². The van der Waals surface area contributed by atoms with Crippen LogP contribution in [0.3, 0.4) is 0 Å².